The van der Waals surface area contributed by atoms with Gasteiger partial charge in [-0.2, -0.15) is 13.2 Å². The Labute approximate surface area is 138 Å². The Morgan fingerprint density at radius 2 is 1.92 bits per heavy atom. The summed E-state index contributed by atoms with van der Waals surface area (Å²) >= 11 is 0. The Hall–Kier alpha value is -1.99. The fourth-order valence-corrected chi connectivity index (χ4v) is 2.66. The molecule has 1 aromatic carbocycles. The van der Waals surface area contributed by atoms with Crippen LogP contribution < -0.4 is 0 Å². The van der Waals surface area contributed by atoms with Gasteiger partial charge in [-0.3, -0.25) is 14.9 Å². The van der Waals surface area contributed by atoms with Crippen molar-refractivity contribution in [2.75, 3.05) is 19.7 Å². The molecule has 0 aliphatic carbocycles. The molecule has 0 unspecified atom stereocenters. The molecule has 0 bridgehead atoms. The first-order chi connectivity index (χ1) is 11.4. The Balaban J connectivity index is 1.65. The predicted molar refractivity (Wildman–Crippen MR) is 82.2 cm³/mol. The van der Waals surface area contributed by atoms with Crippen LogP contribution in [0, 0.1) is 6.92 Å². The zero-order chi connectivity index (χ0) is 17.2. The zero-order valence-corrected chi connectivity index (χ0v) is 13.3. The van der Waals surface area contributed by atoms with Gasteiger partial charge in [0.1, 0.15) is 0 Å². The number of alkyl halides is 3. The third-order valence-electron chi connectivity index (χ3n) is 3.98. The van der Waals surface area contributed by atoms with Gasteiger partial charge < -0.3 is 4.74 Å². The molecule has 7 heteroatoms. The minimum atomic E-state index is -4.32. The molecule has 0 saturated carbocycles. The van der Waals surface area contributed by atoms with Gasteiger partial charge in [0.15, 0.2) is 0 Å². The highest BCUT2D eigenvalue weighted by Gasteiger charge is 2.30. The maximum absolute atomic E-state index is 12.6. The molecule has 1 atom stereocenters. The van der Waals surface area contributed by atoms with Crippen molar-refractivity contribution in [2.24, 2.45) is 0 Å². The lowest BCUT2D eigenvalue weighted by atomic mass is 10.1. The van der Waals surface area contributed by atoms with E-state index in [2.05, 4.69) is 14.9 Å². The highest BCUT2D eigenvalue weighted by Crippen LogP contribution is 2.31. The van der Waals surface area contributed by atoms with E-state index in [0.29, 0.717) is 19.7 Å². The van der Waals surface area contributed by atoms with Gasteiger partial charge in [-0.15, -0.1) is 0 Å². The van der Waals surface area contributed by atoms with E-state index in [1.165, 1.54) is 12.1 Å². The first-order valence-electron chi connectivity index (χ1n) is 7.70. The second kappa shape index (κ2) is 6.86. The van der Waals surface area contributed by atoms with Gasteiger partial charge in [0.2, 0.25) is 0 Å². The number of hydrogen-bond acceptors (Lipinski definition) is 4. The number of aryl methyl sites for hydroxylation is 1. The smallest absolute Gasteiger partial charge is 0.371 e. The minimum absolute atomic E-state index is 0.237. The van der Waals surface area contributed by atoms with Gasteiger partial charge in [-0.05, 0) is 24.6 Å². The highest BCUT2D eigenvalue weighted by atomic mass is 19.4. The van der Waals surface area contributed by atoms with Crippen molar-refractivity contribution in [1.82, 2.24) is 14.9 Å². The molecule has 1 aromatic heterocycles. The third-order valence-corrected chi connectivity index (χ3v) is 3.98. The molecule has 1 aliphatic heterocycles. The van der Waals surface area contributed by atoms with Crippen molar-refractivity contribution >= 4 is 0 Å². The van der Waals surface area contributed by atoms with Crippen LogP contribution in [0.1, 0.15) is 28.6 Å². The van der Waals surface area contributed by atoms with E-state index in [1.807, 2.05) is 6.92 Å². The van der Waals surface area contributed by atoms with Gasteiger partial charge >= 0.3 is 6.18 Å². The summed E-state index contributed by atoms with van der Waals surface area (Å²) in [7, 11) is 0. The molecule has 1 fully saturated rings. The molecule has 0 radical (unpaired) electrons. The molecule has 128 valence electrons. The molecule has 4 nitrogen and oxygen atoms in total. The number of halogens is 3. The van der Waals surface area contributed by atoms with Crippen LogP contribution in [0.4, 0.5) is 13.2 Å². The molecule has 3 rings (SSSR count). The van der Waals surface area contributed by atoms with E-state index in [-0.39, 0.29) is 6.10 Å². The van der Waals surface area contributed by atoms with Crippen LogP contribution in [0.15, 0.2) is 36.7 Å². The molecule has 24 heavy (non-hydrogen) atoms. The number of morpholine rings is 1. The quantitative estimate of drug-likeness (QED) is 0.861. The number of hydrogen-bond donors (Lipinski definition) is 0. The fourth-order valence-electron chi connectivity index (χ4n) is 2.66. The summed E-state index contributed by atoms with van der Waals surface area (Å²) in [5, 5.41) is 0. The first kappa shape index (κ1) is 16.9. The standard InChI is InChI=1S/C17H18F3N3O/c1-12-8-22-15(9-21-12)10-23-6-7-24-16(11-23)13-2-4-14(5-3-13)17(18,19)20/h2-5,8-9,16H,6-7,10-11H2,1H3/t16-/m0/s1. The highest BCUT2D eigenvalue weighted by molar-refractivity contribution is 5.26. The van der Waals surface area contributed by atoms with Crippen molar-refractivity contribution in [1.29, 1.82) is 0 Å². The molecular formula is C17H18F3N3O. The molecule has 2 heterocycles. The maximum atomic E-state index is 12.6. The van der Waals surface area contributed by atoms with Crippen LogP contribution >= 0.6 is 0 Å². The van der Waals surface area contributed by atoms with Crippen LogP contribution in [0.3, 0.4) is 0 Å². The lowest BCUT2D eigenvalue weighted by Gasteiger charge is -2.33. The second-order valence-corrected chi connectivity index (χ2v) is 5.86. The normalized spacial score (nSPS) is 19.4. The summed E-state index contributed by atoms with van der Waals surface area (Å²) in [5.41, 5.74) is 1.84. The molecule has 0 spiro atoms. The summed E-state index contributed by atoms with van der Waals surface area (Å²) in [5.74, 6) is 0. The SMILES string of the molecule is Cc1cnc(CN2CCO[C@H](c3ccc(C(F)(F)F)cc3)C2)cn1. The average Bonchev–Trinajstić information content (AvgIpc) is 2.57. The Bertz CT molecular complexity index is 671. The van der Waals surface area contributed by atoms with E-state index < -0.39 is 11.7 Å². The van der Waals surface area contributed by atoms with Crippen molar-refractivity contribution in [3.05, 3.63) is 59.2 Å². The lowest BCUT2D eigenvalue weighted by Crippen LogP contribution is -2.38. The topological polar surface area (TPSA) is 38.2 Å². The van der Waals surface area contributed by atoms with Gasteiger partial charge in [0, 0.05) is 32.0 Å². The van der Waals surface area contributed by atoms with Crippen molar-refractivity contribution in [3.8, 4) is 0 Å². The average molecular weight is 337 g/mol. The Morgan fingerprint density at radius 3 is 2.54 bits per heavy atom. The van der Waals surface area contributed by atoms with Gasteiger partial charge in [0.25, 0.3) is 0 Å². The molecule has 2 aromatic rings. The first-order valence-corrected chi connectivity index (χ1v) is 7.70. The van der Waals surface area contributed by atoms with E-state index >= 15 is 0 Å². The third kappa shape index (κ3) is 4.10. The summed E-state index contributed by atoms with van der Waals surface area (Å²) in [6, 6.07) is 5.18. The van der Waals surface area contributed by atoms with Gasteiger partial charge in [0.05, 0.1) is 29.7 Å². The monoisotopic (exact) mass is 337 g/mol. The maximum Gasteiger partial charge on any atom is 0.416 e. The number of aromatic nitrogens is 2. The van der Waals surface area contributed by atoms with E-state index in [0.717, 1.165) is 35.6 Å². The lowest BCUT2D eigenvalue weighted by molar-refractivity contribution is -0.137. The van der Waals surface area contributed by atoms with Crippen molar-refractivity contribution in [2.45, 2.75) is 25.7 Å². The number of nitrogens with zero attached hydrogens (tertiary/aromatic N) is 3. The summed E-state index contributed by atoms with van der Waals surface area (Å²) in [6.45, 7) is 4.43. The summed E-state index contributed by atoms with van der Waals surface area (Å²) in [6.07, 6.45) is -1.08. The number of rotatable bonds is 3. The minimum Gasteiger partial charge on any atom is -0.371 e. The van der Waals surface area contributed by atoms with Crippen LogP contribution in [-0.4, -0.2) is 34.6 Å². The second-order valence-electron chi connectivity index (χ2n) is 5.86. The molecule has 1 aliphatic rings. The van der Waals surface area contributed by atoms with Gasteiger partial charge in [-0.1, -0.05) is 12.1 Å². The van der Waals surface area contributed by atoms with Crippen LogP contribution in [0.2, 0.25) is 0 Å². The number of ether oxygens (including phenoxy) is 1. The summed E-state index contributed by atoms with van der Waals surface area (Å²) < 4.78 is 43.6. The fraction of sp³-hybridized carbons (Fsp3) is 0.412. The van der Waals surface area contributed by atoms with Crippen LogP contribution in [0.25, 0.3) is 0 Å². The predicted octanol–water partition coefficient (Wildman–Crippen LogP) is 3.38. The van der Waals surface area contributed by atoms with Gasteiger partial charge in [-0.25, -0.2) is 0 Å². The van der Waals surface area contributed by atoms with Crippen LogP contribution in [-0.2, 0) is 17.5 Å². The summed E-state index contributed by atoms with van der Waals surface area (Å²) in [4.78, 5) is 10.7. The molecule has 1 saturated heterocycles. The molecular weight excluding hydrogens is 319 g/mol. The van der Waals surface area contributed by atoms with E-state index in [1.54, 1.807) is 12.4 Å². The Morgan fingerprint density at radius 1 is 1.17 bits per heavy atom. The van der Waals surface area contributed by atoms with Crippen molar-refractivity contribution < 1.29 is 17.9 Å². The van der Waals surface area contributed by atoms with E-state index in [4.69, 9.17) is 4.74 Å². The van der Waals surface area contributed by atoms with Crippen LogP contribution in [0.5, 0.6) is 0 Å². The zero-order valence-electron chi connectivity index (χ0n) is 13.3. The van der Waals surface area contributed by atoms with Crippen molar-refractivity contribution in [3.63, 3.8) is 0 Å². The Kier molecular flexibility index (Phi) is 4.82. The largest absolute Gasteiger partial charge is 0.416 e. The molecule has 0 amide bonds. The van der Waals surface area contributed by atoms with E-state index in [9.17, 15) is 13.2 Å². The molecule has 0 N–H and O–H groups in total. The number of benzene rings is 1.